The largest absolute Gasteiger partial charge is 0.490 e. The number of aliphatic hydroxyl groups excluding tert-OH is 1. The molecule has 20 heavy (non-hydrogen) atoms. The van der Waals surface area contributed by atoms with Gasteiger partial charge in [-0.25, -0.2) is 0 Å². The summed E-state index contributed by atoms with van der Waals surface area (Å²) in [5, 5.41) is 23.3. The molecule has 1 aromatic heterocycles. The molecule has 0 bridgehead atoms. The minimum absolute atomic E-state index is 0.0821. The minimum atomic E-state index is -0.743. The molecule has 0 saturated carbocycles. The smallest absolute Gasteiger partial charge is 0.310 e. The first-order valence-corrected chi connectivity index (χ1v) is 5.59. The highest BCUT2D eigenvalue weighted by Crippen LogP contribution is 2.31. The van der Waals surface area contributed by atoms with Gasteiger partial charge in [-0.3, -0.25) is 10.1 Å². The van der Waals surface area contributed by atoms with E-state index in [0.717, 1.165) is 0 Å². The van der Waals surface area contributed by atoms with Crippen molar-refractivity contribution >= 4 is 5.69 Å². The molecule has 1 atom stereocenters. The van der Waals surface area contributed by atoms with Gasteiger partial charge in [-0.2, -0.15) is 4.98 Å². The highest BCUT2D eigenvalue weighted by Gasteiger charge is 2.19. The second-order valence-electron chi connectivity index (χ2n) is 3.89. The number of aliphatic hydroxyl groups is 1. The van der Waals surface area contributed by atoms with Crippen LogP contribution < -0.4 is 10.5 Å². The lowest BCUT2D eigenvalue weighted by molar-refractivity contribution is -0.385. The van der Waals surface area contributed by atoms with Crippen LogP contribution in [-0.2, 0) is 0 Å². The number of nitro groups is 1. The standard InChI is InChI=1S/C11H12N4O5/c1-19-9-4-6(2-3-8(9)15(17)18)11-13-10(14-20-11)7(12)5-16/h2-4,7,16H,5,12H2,1H3. The highest BCUT2D eigenvalue weighted by molar-refractivity contribution is 5.61. The second-order valence-corrected chi connectivity index (χ2v) is 3.89. The average molecular weight is 280 g/mol. The Hall–Kier alpha value is -2.52. The number of nitro benzene ring substituents is 1. The Morgan fingerprint density at radius 3 is 2.95 bits per heavy atom. The van der Waals surface area contributed by atoms with Crippen molar-refractivity contribution in [2.24, 2.45) is 5.73 Å². The molecule has 0 saturated heterocycles. The number of rotatable bonds is 5. The second kappa shape index (κ2) is 5.63. The normalized spacial score (nSPS) is 12.2. The van der Waals surface area contributed by atoms with Crippen LogP contribution in [0.4, 0.5) is 5.69 Å². The van der Waals surface area contributed by atoms with Gasteiger partial charge in [-0.05, 0) is 6.07 Å². The number of ether oxygens (including phenoxy) is 1. The quantitative estimate of drug-likeness (QED) is 0.601. The van der Waals surface area contributed by atoms with Gasteiger partial charge in [0.1, 0.15) is 0 Å². The van der Waals surface area contributed by atoms with E-state index in [0.29, 0.717) is 5.56 Å². The van der Waals surface area contributed by atoms with Crippen LogP contribution in [0.5, 0.6) is 5.75 Å². The van der Waals surface area contributed by atoms with Gasteiger partial charge in [0, 0.05) is 17.7 Å². The highest BCUT2D eigenvalue weighted by atomic mass is 16.6. The van der Waals surface area contributed by atoms with E-state index < -0.39 is 11.0 Å². The lowest BCUT2D eigenvalue weighted by atomic mass is 10.2. The molecule has 0 aliphatic heterocycles. The maximum atomic E-state index is 10.8. The lowest BCUT2D eigenvalue weighted by Gasteiger charge is -2.02. The zero-order chi connectivity index (χ0) is 14.7. The van der Waals surface area contributed by atoms with Gasteiger partial charge in [-0.1, -0.05) is 5.16 Å². The van der Waals surface area contributed by atoms with Gasteiger partial charge in [-0.15, -0.1) is 0 Å². The number of hydrogen-bond donors (Lipinski definition) is 2. The Kier molecular flexibility index (Phi) is 3.91. The first-order valence-electron chi connectivity index (χ1n) is 5.59. The first-order chi connectivity index (χ1) is 9.56. The van der Waals surface area contributed by atoms with Gasteiger partial charge in [0.15, 0.2) is 11.6 Å². The molecule has 1 aromatic carbocycles. The fraction of sp³-hybridized carbons (Fsp3) is 0.273. The summed E-state index contributed by atoms with van der Waals surface area (Å²) in [7, 11) is 1.33. The molecular formula is C11H12N4O5. The molecule has 2 aromatic rings. The van der Waals surface area contributed by atoms with Crippen molar-refractivity contribution in [3.63, 3.8) is 0 Å². The van der Waals surface area contributed by atoms with Crippen LogP contribution >= 0.6 is 0 Å². The third kappa shape index (κ3) is 2.58. The molecule has 0 aliphatic rings. The number of aromatic nitrogens is 2. The van der Waals surface area contributed by atoms with E-state index in [1.165, 1.54) is 25.3 Å². The van der Waals surface area contributed by atoms with Crippen LogP contribution in [0.1, 0.15) is 11.9 Å². The summed E-state index contributed by atoms with van der Waals surface area (Å²) < 4.78 is 9.94. The maximum Gasteiger partial charge on any atom is 0.310 e. The van der Waals surface area contributed by atoms with E-state index in [9.17, 15) is 10.1 Å². The summed E-state index contributed by atoms with van der Waals surface area (Å²) in [5.74, 6) is 0.371. The summed E-state index contributed by atoms with van der Waals surface area (Å²) in [5.41, 5.74) is 5.85. The van der Waals surface area contributed by atoms with Crippen molar-refractivity contribution in [3.8, 4) is 17.2 Å². The third-order valence-electron chi connectivity index (χ3n) is 2.59. The fourth-order valence-electron chi connectivity index (χ4n) is 1.55. The van der Waals surface area contributed by atoms with Crippen molar-refractivity contribution in [3.05, 3.63) is 34.1 Å². The van der Waals surface area contributed by atoms with Crippen LogP contribution in [0.25, 0.3) is 11.5 Å². The zero-order valence-electron chi connectivity index (χ0n) is 10.5. The molecule has 3 N–H and O–H groups in total. The van der Waals surface area contributed by atoms with Crippen molar-refractivity contribution in [1.29, 1.82) is 0 Å². The van der Waals surface area contributed by atoms with Crippen molar-refractivity contribution in [2.75, 3.05) is 13.7 Å². The zero-order valence-corrected chi connectivity index (χ0v) is 10.5. The molecule has 0 radical (unpaired) electrons. The number of benzene rings is 1. The molecular weight excluding hydrogens is 268 g/mol. The molecule has 106 valence electrons. The summed E-state index contributed by atoms with van der Waals surface area (Å²) >= 11 is 0. The number of methoxy groups -OCH3 is 1. The van der Waals surface area contributed by atoms with Gasteiger partial charge < -0.3 is 20.1 Å². The SMILES string of the molecule is COc1cc(-c2nc(C(N)CO)no2)ccc1[N+](=O)[O-]. The summed E-state index contributed by atoms with van der Waals surface area (Å²) in [6.07, 6.45) is 0. The summed E-state index contributed by atoms with van der Waals surface area (Å²) in [4.78, 5) is 14.3. The van der Waals surface area contributed by atoms with Gasteiger partial charge in [0.25, 0.3) is 5.89 Å². The van der Waals surface area contributed by atoms with E-state index in [-0.39, 0.29) is 29.8 Å². The molecule has 0 fully saturated rings. The molecule has 1 unspecified atom stereocenters. The topological polar surface area (TPSA) is 138 Å². The van der Waals surface area contributed by atoms with E-state index in [1.807, 2.05) is 0 Å². The van der Waals surface area contributed by atoms with Crippen LogP contribution in [0.15, 0.2) is 22.7 Å². The first kappa shape index (κ1) is 13.9. The van der Waals surface area contributed by atoms with Gasteiger partial charge in [0.2, 0.25) is 0 Å². The number of nitrogens with two attached hydrogens (primary N) is 1. The Labute approximate surface area is 113 Å². The van der Waals surface area contributed by atoms with Crippen LogP contribution in [-0.4, -0.2) is 33.9 Å². The number of nitrogens with zero attached hydrogens (tertiary/aromatic N) is 3. The molecule has 0 spiro atoms. The van der Waals surface area contributed by atoms with E-state index in [4.69, 9.17) is 20.1 Å². The van der Waals surface area contributed by atoms with Crippen molar-refractivity contribution in [2.45, 2.75) is 6.04 Å². The molecule has 1 heterocycles. The maximum absolute atomic E-state index is 10.8. The third-order valence-corrected chi connectivity index (χ3v) is 2.59. The summed E-state index contributed by atoms with van der Waals surface area (Å²) in [6, 6.07) is 3.42. The molecule has 9 nitrogen and oxygen atoms in total. The molecule has 0 amide bonds. The van der Waals surface area contributed by atoms with Crippen LogP contribution in [0, 0.1) is 10.1 Å². The predicted octanol–water partition coefficient (Wildman–Crippen LogP) is 0.645. The van der Waals surface area contributed by atoms with Gasteiger partial charge >= 0.3 is 5.69 Å². The van der Waals surface area contributed by atoms with Crippen LogP contribution in [0.2, 0.25) is 0 Å². The monoisotopic (exact) mass is 280 g/mol. The Balaban J connectivity index is 2.38. The lowest BCUT2D eigenvalue weighted by Crippen LogP contribution is -2.15. The summed E-state index contributed by atoms with van der Waals surface area (Å²) in [6.45, 7) is -0.317. The van der Waals surface area contributed by atoms with Crippen LogP contribution in [0.3, 0.4) is 0 Å². The van der Waals surface area contributed by atoms with E-state index in [2.05, 4.69) is 10.1 Å². The molecule has 0 aliphatic carbocycles. The van der Waals surface area contributed by atoms with Crippen molar-refractivity contribution in [1.82, 2.24) is 10.1 Å². The van der Waals surface area contributed by atoms with Crippen molar-refractivity contribution < 1.29 is 19.3 Å². The Morgan fingerprint density at radius 1 is 1.60 bits per heavy atom. The minimum Gasteiger partial charge on any atom is -0.490 e. The fourth-order valence-corrected chi connectivity index (χ4v) is 1.55. The molecule has 9 heteroatoms. The van der Waals surface area contributed by atoms with E-state index in [1.54, 1.807) is 0 Å². The number of hydrogen-bond acceptors (Lipinski definition) is 8. The molecule has 2 rings (SSSR count). The Morgan fingerprint density at radius 2 is 2.35 bits per heavy atom. The van der Waals surface area contributed by atoms with E-state index >= 15 is 0 Å². The Bertz CT molecular complexity index is 627. The predicted molar refractivity (Wildman–Crippen MR) is 67.0 cm³/mol. The average Bonchev–Trinajstić information content (AvgIpc) is 2.95. The van der Waals surface area contributed by atoms with Gasteiger partial charge in [0.05, 0.1) is 24.7 Å².